The van der Waals surface area contributed by atoms with Crippen LogP contribution in [-0.2, 0) is 11.3 Å². The van der Waals surface area contributed by atoms with E-state index in [1.165, 1.54) is 0 Å². The Balaban J connectivity index is 1.42. The number of fused-ring (bicyclic) bond motifs is 1. The van der Waals surface area contributed by atoms with Gasteiger partial charge in [-0.1, -0.05) is 41.1 Å². The van der Waals surface area contributed by atoms with Crippen LogP contribution in [0.2, 0.25) is 0 Å². The Morgan fingerprint density at radius 2 is 1.75 bits per heavy atom. The van der Waals surface area contributed by atoms with E-state index >= 15 is 0 Å². The van der Waals surface area contributed by atoms with E-state index in [4.69, 9.17) is 4.52 Å². The normalized spacial score (nSPS) is 13.1. The molecular formula is C24H24N4O4. The first-order chi connectivity index (χ1) is 15.3. The lowest BCUT2D eigenvalue weighted by molar-refractivity contribution is -0.134. The lowest BCUT2D eigenvalue weighted by atomic mass is 10.1. The molecular weight excluding hydrogens is 408 g/mol. The topological polar surface area (TPSA) is 96.6 Å². The third kappa shape index (κ3) is 4.16. The van der Waals surface area contributed by atoms with Crippen molar-refractivity contribution in [2.75, 3.05) is 6.54 Å². The van der Waals surface area contributed by atoms with Crippen molar-refractivity contribution in [1.82, 2.24) is 19.9 Å². The van der Waals surface area contributed by atoms with Gasteiger partial charge in [-0.3, -0.25) is 19.3 Å². The van der Waals surface area contributed by atoms with E-state index in [1.807, 2.05) is 45.0 Å². The fourth-order valence-electron chi connectivity index (χ4n) is 3.72. The highest BCUT2D eigenvalue weighted by atomic mass is 16.5. The summed E-state index contributed by atoms with van der Waals surface area (Å²) in [6, 6.07) is 14.3. The predicted octanol–water partition coefficient (Wildman–Crippen LogP) is 3.47. The van der Waals surface area contributed by atoms with Crippen molar-refractivity contribution in [2.24, 2.45) is 0 Å². The van der Waals surface area contributed by atoms with Crippen LogP contribution in [-0.4, -0.2) is 50.2 Å². The third-order valence-electron chi connectivity index (χ3n) is 5.42. The van der Waals surface area contributed by atoms with Crippen molar-refractivity contribution in [3.63, 3.8) is 0 Å². The number of carbonyl (C=O) groups is 3. The molecule has 8 heteroatoms. The average Bonchev–Trinajstić information content (AvgIpc) is 3.34. The second-order valence-electron chi connectivity index (χ2n) is 8.05. The highest BCUT2D eigenvalue weighted by Gasteiger charge is 2.35. The molecule has 0 atom stereocenters. The monoisotopic (exact) mass is 432 g/mol. The Kier molecular flexibility index (Phi) is 5.85. The molecule has 0 radical (unpaired) electrons. The van der Waals surface area contributed by atoms with Gasteiger partial charge in [0, 0.05) is 24.6 Å². The Bertz CT molecular complexity index is 1150. The zero-order chi connectivity index (χ0) is 22.8. The summed E-state index contributed by atoms with van der Waals surface area (Å²) in [5.41, 5.74) is 2.68. The second kappa shape index (κ2) is 8.74. The number of aryl methyl sites for hydroxylation is 1. The number of nitrogens with zero attached hydrogens (tertiary/aromatic N) is 4. The van der Waals surface area contributed by atoms with Gasteiger partial charge < -0.3 is 9.42 Å². The van der Waals surface area contributed by atoms with Crippen molar-refractivity contribution in [3.8, 4) is 11.4 Å². The summed E-state index contributed by atoms with van der Waals surface area (Å²) < 4.78 is 5.37. The summed E-state index contributed by atoms with van der Waals surface area (Å²) in [4.78, 5) is 45.1. The molecule has 164 valence electrons. The molecule has 32 heavy (non-hydrogen) atoms. The standard InChI is InChI=1S/C24H24N4O4/c1-15(2)28(14-20-25-22(26-32-20)17-8-6-7-16(3)13-17)21(29)11-12-27-23(30)18-9-4-5-10-19(18)24(27)31/h4-10,13,15H,11-12,14H2,1-3H3. The molecule has 0 spiro atoms. The van der Waals surface area contributed by atoms with Gasteiger partial charge in [-0.15, -0.1) is 0 Å². The second-order valence-corrected chi connectivity index (χ2v) is 8.05. The highest BCUT2D eigenvalue weighted by molar-refractivity contribution is 6.21. The molecule has 0 N–H and O–H groups in total. The van der Waals surface area contributed by atoms with Crippen molar-refractivity contribution in [3.05, 3.63) is 71.1 Å². The van der Waals surface area contributed by atoms with Crippen LogP contribution >= 0.6 is 0 Å². The van der Waals surface area contributed by atoms with Gasteiger partial charge in [0.2, 0.25) is 17.6 Å². The average molecular weight is 432 g/mol. The number of carbonyl (C=O) groups excluding carboxylic acids is 3. The molecule has 3 aromatic rings. The summed E-state index contributed by atoms with van der Waals surface area (Å²) in [5.74, 6) is -0.148. The maximum atomic E-state index is 12.9. The Morgan fingerprint density at radius 3 is 2.38 bits per heavy atom. The summed E-state index contributed by atoms with van der Waals surface area (Å²) in [6.07, 6.45) is 0.0164. The van der Waals surface area contributed by atoms with Crippen LogP contribution in [0.25, 0.3) is 11.4 Å². The van der Waals surface area contributed by atoms with Gasteiger partial charge in [0.25, 0.3) is 11.8 Å². The molecule has 0 fully saturated rings. The maximum Gasteiger partial charge on any atom is 0.261 e. The van der Waals surface area contributed by atoms with Gasteiger partial charge in [-0.2, -0.15) is 4.98 Å². The number of aromatic nitrogens is 2. The molecule has 0 unspecified atom stereocenters. The van der Waals surface area contributed by atoms with E-state index in [-0.39, 0.29) is 43.3 Å². The fraction of sp³-hybridized carbons (Fsp3) is 0.292. The molecule has 0 bridgehead atoms. The van der Waals surface area contributed by atoms with Crippen LogP contribution in [0.5, 0.6) is 0 Å². The van der Waals surface area contributed by atoms with Gasteiger partial charge in [-0.25, -0.2) is 0 Å². The minimum absolute atomic E-state index is 0.0164. The molecule has 0 saturated heterocycles. The minimum atomic E-state index is -0.366. The van der Waals surface area contributed by atoms with Crippen LogP contribution < -0.4 is 0 Å². The molecule has 8 nitrogen and oxygen atoms in total. The number of benzene rings is 2. The summed E-state index contributed by atoms with van der Waals surface area (Å²) in [7, 11) is 0. The predicted molar refractivity (Wildman–Crippen MR) is 117 cm³/mol. The first kappa shape index (κ1) is 21.4. The zero-order valence-electron chi connectivity index (χ0n) is 18.2. The highest BCUT2D eigenvalue weighted by Crippen LogP contribution is 2.23. The van der Waals surface area contributed by atoms with Crippen LogP contribution in [0, 0.1) is 6.92 Å². The molecule has 2 heterocycles. The van der Waals surface area contributed by atoms with Gasteiger partial charge >= 0.3 is 0 Å². The molecule has 3 amide bonds. The van der Waals surface area contributed by atoms with Gasteiger partial charge in [0.1, 0.15) is 6.54 Å². The Hall–Kier alpha value is -3.81. The van der Waals surface area contributed by atoms with Crippen molar-refractivity contribution in [1.29, 1.82) is 0 Å². The minimum Gasteiger partial charge on any atom is -0.337 e. The molecule has 2 aromatic carbocycles. The summed E-state index contributed by atoms with van der Waals surface area (Å²) in [6.45, 7) is 5.93. The lowest BCUT2D eigenvalue weighted by Gasteiger charge is -2.26. The zero-order valence-corrected chi connectivity index (χ0v) is 18.2. The quantitative estimate of drug-likeness (QED) is 0.531. The molecule has 4 rings (SSSR count). The number of hydrogen-bond donors (Lipinski definition) is 0. The SMILES string of the molecule is Cc1cccc(-c2noc(CN(C(=O)CCN3C(=O)c4ccccc4C3=O)C(C)C)n2)c1. The fourth-order valence-corrected chi connectivity index (χ4v) is 3.72. The first-order valence-electron chi connectivity index (χ1n) is 10.5. The molecule has 0 saturated carbocycles. The van der Waals surface area contributed by atoms with E-state index in [1.54, 1.807) is 29.2 Å². The first-order valence-corrected chi connectivity index (χ1v) is 10.5. The Morgan fingerprint density at radius 1 is 1.06 bits per heavy atom. The summed E-state index contributed by atoms with van der Waals surface area (Å²) in [5, 5.41) is 4.03. The van der Waals surface area contributed by atoms with Gasteiger partial charge in [0.15, 0.2) is 0 Å². The van der Waals surface area contributed by atoms with E-state index in [9.17, 15) is 14.4 Å². The number of imide groups is 1. The van der Waals surface area contributed by atoms with E-state index in [0.29, 0.717) is 22.8 Å². The third-order valence-corrected chi connectivity index (χ3v) is 5.42. The van der Waals surface area contributed by atoms with Gasteiger partial charge in [-0.05, 0) is 39.0 Å². The largest absolute Gasteiger partial charge is 0.337 e. The van der Waals surface area contributed by atoms with Crippen LogP contribution in [0.15, 0.2) is 53.1 Å². The number of amides is 3. The molecule has 1 aliphatic rings. The van der Waals surface area contributed by atoms with Crippen molar-refractivity contribution in [2.45, 2.75) is 39.8 Å². The number of hydrogen-bond acceptors (Lipinski definition) is 6. The van der Waals surface area contributed by atoms with Gasteiger partial charge in [0.05, 0.1) is 11.1 Å². The van der Waals surface area contributed by atoms with Crippen molar-refractivity contribution < 1.29 is 18.9 Å². The summed E-state index contributed by atoms with van der Waals surface area (Å²) >= 11 is 0. The Labute approximate surface area is 185 Å². The molecule has 1 aliphatic heterocycles. The van der Waals surface area contributed by atoms with Crippen LogP contribution in [0.4, 0.5) is 0 Å². The smallest absolute Gasteiger partial charge is 0.261 e. The van der Waals surface area contributed by atoms with E-state index in [2.05, 4.69) is 10.1 Å². The molecule has 1 aromatic heterocycles. The van der Waals surface area contributed by atoms with E-state index < -0.39 is 0 Å². The number of rotatable bonds is 7. The van der Waals surface area contributed by atoms with Crippen LogP contribution in [0.1, 0.15) is 52.4 Å². The van der Waals surface area contributed by atoms with Crippen molar-refractivity contribution >= 4 is 17.7 Å². The maximum absolute atomic E-state index is 12.9. The van der Waals surface area contributed by atoms with Crippen LogP contribution in [0.3, 0.4) is 0 Å². The lowest BCUT2D eigenvalue weighted by Crippen LogP contribution is -2.39. The molecule has 0 aliphatic carbocycles. The van der Waals surface area contributed by atoms with E-state index in [0.717, 1.165) is 16.0 Å².